The second kappa shape index (κ2) is 7.61. The summed E-state index contributed by atoms with van der Waals surface area (Å²) in [7, 11) is 0. The summed E-state index contributed by atoms with van der Waals surface area (Å²) < 4.78 is 1.05. The van der Waals surface area contributed by atoms with Crippen LogP contribution in [0, 0.1) is 5.92 Å². The van der Waals surface area contributed by atoms with E-state index >= 15 is 0 Å². The van der Waals surface area contributed by atoms with Crippen LogP contribution < -0.4 is 0 Å². The Hall–Kier alpha value is -2.53. The second-order valence-corrected chi connectivity index (χ2v) is 8.11. The van der Waals surface area contributed by atoms with Crippen molar-refractivity contribution in [2.45, 2.75) is 25.7 Å². The zero-order valence-corrected chi connectivity index (χ0v) is 16.1. The number of Topliss-reactive ketones (excluding diaryl/α,β-unsaturated/α-hetero) is 1. The molecule has 27 heavy (non-hydrogen) atoms. The minimum atomic E-state index is -0.150. The van der Waals surface area contributed by atoms with Crippen LogP contribution in [-0.4, -0.2) is 34.7 Å². The predicted molar refractivity (Wildman–Crippen MR) is 108 cm³/mol. The van der Waals surface area contributed by atoms with Crippen molar-refractivity contribution < 1.29 is 9.59 Å². The molecule has 1 aliphatic rings. The molecule has 4 nitrogen and oxygen atoms in total. The molecule has 1 amide bonds. The molecule has 1 saturated heterocycles. The number of hydrogen-bond donors (Lipinski definition) is 0. The minimum Gasteiger partial charge on any atom is -0.342 e. The van der Waals surface area contributed by atoms with Gasteiger partial charge in [0.25, 0.3) is 0 Å². The number of carbonyl (C=O) groups excluding carboxylic acids is 2. The number of para-hydroxylation sites is 1. The lowest BCUT2D eigenvalue weighted by atomic mass is 9.91. The number of fused-ring (bicyclic) bond motifs is 1. The van der Waals surface area contributed by atoms with E-state index in [-0.39, 0.29) is 23.5 Å². The van der Waals surface area contributed by atoms with E-state index in [1.807, 2.05) is 66.4 Å². The third kappa shape index (κ3) is 3.65. The van der Waals surface area contributed by atoms with Crippen LogP contribution in [0.25, 0.3) is 10.2 Å². The topological polar surface area (TPSA) is 50.3 Å². The van der Waals surface area contributed by atoms with Crippen molar-refractivity contribution in [3.8, 4) is 0 Å². The largest absolute Gasteiger partial charge is 0.342 e. The van der Waals surface area contributed by atoms with Gasteiger partial charge in [-0.1, -0.05) is 42.5 Å². The highest BCUT2D eigenvalue weighted by Crippen LogP contribution is 2.28. The van der Waals surface area contributed by atoms with Crippen molar-refractivity contribution in [1.82, 2.24) is 9.88 Å². The number of likely N-dealkylation sites (tertiary alicyclic amines) is 1. The fourth-order valence-corrected chi connectivity index (χ4v) is 4.66. The quantitative estimate of drug-likeness (QED) is 0.627. The Morgan fingerprint density at radius 2 is 1.70 bits per heavy atom. The Labute approximate surface area is 162 Å². The second-order valence-electron chi connectivity index (χ2n) is 7.08. The van der Waals surface area contributed by atoms with E-state index in [2.05, 4.69) is 4.98 Å². The minimum absolute atomic E-state index is 0.0401. The molecule has 138 valence electrons. The highest BCUT2D eigenvalue weighted by molar-refractivity contribution is 7.20. The van der Waals surface area contributed by atoms with E-state index < -0.39 is 0 Å². The normalized spacial score (nSPS) is 16.4. The molecule has 1 aromatic heterocycles. The number of benzene rings is 2. The lowest BCUT2D eigenvalue weighted by Crippen LogP contribution is -2.42. The first-order chi connectivity index (χ1) is 13.1. The maximum absolute atomic E-state index is 12.8. The van der Waals surface area contributed by atoms with E-state index in [1.54, 1.807) is 0 Å². The molecule has 0 unspecified atom stereocenters. The van der Waals surface area contributed by atoms with Crippen LogP contribution >= 0.6 is 11.3 Å². The molecular formula is C22H22N2O2S. The molecule has 0 aliphatic carbocycles. The summed E-state index contributed by atoms with van der Waals surface area (Å²) in [4.78, 5) is 32.0. The molecule has 1 aliphatic heterocycles. The number of ketones is 1. The number of nitrogens with zero attached hydrogens (tertiary/aromatic N) is 2. The van der Waals surface area contributed by atoms with Gasteiger partial charge in [0.1, 0.15) is 0 Å². The molecule has 1 fully saturated rings. The fraction of sp³-hybridized carbons (Fsp3) is 0.318. The number of rotatable bonds is 4. The van der Waals surface area contributed by atoms with Crippen LogP contribution in [0.3, 0.4) is 0 Å². The van der Waals surface area contributed by atoms with E-state index in [9.17, 15) is 9.59 Å². The number of thiazole rings is 1. The average molecular weight is 378 g/mol. The monoisotopic (exact) mass is 378 g/mol. The van der Waals surface area contributed by atoms with Crippen molar-refractivity contribution in [1.29, 1.82) is 0 Å². The van der Waals surface area contributed by atoms with E-state index in [4.69, 9.17) is 0 Å². The zero-order valence-electron chi connectivity index (χ0n) is 15.3. The van der Waals surface area contributed by atoms with Gasteiger partial charge in [0, 0.05) is 19.0 Å². The number of amides is 1. The Morgan fingerprint density at radius 1 is 1.04 bits per heavy atom. The van der Waals surface area contributed by atoms with Crippen molar-refractivity contribution in [2.75, 3.05) is 13.1 Å². The summed E-state index contributed by atoms with van der Waals surface area (Å²) in [5.74, 6) is 0.0795. The van der Waals surface area contributed by atoms with Gasteiger partial charge in [-0.2, -0.15) is 0 Å². The average Bonchev–Trinajstić information content (AvgIpc) is 3.17. The maximum Gasteiger partial charge on any atom is 0.229 e. The number of aromatic nitrogens is 1. The summed E-state index contributed by atoms with van der Waals surface area (Å²) in [5, 5.41) is 0.596. The Balaban J connectivity index is 1.39. The molecule has 5 heteroatoms. The van der Waals surface area contributed by atoms with Gasteiger partial charge >= 0.3 is 0 Å². The molecule has 0 saturated carbocycles. The molecule has 3 aromatic rings. The van der Waals surface area contributed by atoms with Gasteiger partial charge in [-0.15, -0.1) is 11.3 Å². The van der Waals surface area contributed by atoms with Gasteiger partial charge in [0.05, 0.1) is 16.1 Å². The third-order valence-corrected chi connectivity index (χ3v) is 6.40. The fourth-order valence-electron chi connectivity index (χ4n) is 3.67. The molecule has 2 aromatic carbocycles. The maximum atomic E-state index is 12.8. The molecule has 0 bridgehead atoms. The van der Waals surface area contributed by atoms with Gasteiger partial charge in [-0.3, -0.25) is 9.59 Å². The van der Waals surface area contributed by atoms with E-state index in [1.165, 1.54) is 11.3 Å². The molecular weight excluding hydrogens is 356 g/mol. The first-order valence-electron chi connectivity index (χ1n) is 9.37. The van der Waals surface area contributed by atoms with Gasteiger partial charge in [0.15, 0.2) is 10.8 Å². The molecule has 1 atom stereocenters. The van der Waals surface area contributed by atoms with Crippen LogP contribution in [0.15, 0.2) is 54.6 Å². The molecule has 0 radical (unpaired) electrons. The lowest BCUT2D eigenvalue weighted by Gasteiger charge is -2.32. The zero-order chi connectivity index (χ0) is 18.8. The summed E-state index contributed by atoms with van der Waals surface area (Å²) in [6.07, 6.45) is 1.42. The van der Waals surface area contributed by atoms with Gasteiger partial charge < -0.3 is 4.90 Å². The molecule has 2 heterocycles. The van der Waals surface area contributed by atoms with Gasteiger partial charge in [-0.05, 0) is 37.5 Å². The van der Waals surface area contributed by atoms with Gasteiger partial charge in [0.2, 0.25) is 5.91 Å². The summed E-state index contributed by atoms with van der Waals surface area (Å²) >= 11 is 1.47. The smallest absolute Gasteiger partial charge is 0.229 e. The van der Waals surface area contributed by atoms with E-state index in [0.29, 0.717) is 30.9 Å². The Kier molecular flexibility index (Phi) is 5.03. The third-order valence-electron chi connectivity index (χ3n) is 5.35. The van der Waals surface area contributed by atoms with Crippen LogP contribution in [0.5, 0.6) is 0 Å². The van der Waals surface area contributed by atoms with Crippen LogP contribution in [0.4, 0.5) is 0 Å². The Morgan fingerprint density at radius 3 is 2.41 bits per heavy atom. The summed E-state index contributed by atoms with van der Waals surface area (Å²) in [6.45, 7) is 3.23. The molecule has 0 spiro atoms. The van der Waals surface area contributed by atoms with Crippen molar-refractivity contribution in [3.63, 3.8) is 0 Å². The van der Waals surface area contributed by atoms with Gasteiger partial charge in [-0.25, -0.2) is 4.98 Å². The molecule has 4 rings (SSSR count). The van der Waals surface area contributed by atoms with Crippen LogP contribution in [0.2, 0.25) is 0 Å². The van der Waals surface area contributed by atoms with Crippen molar-refractivity contribution >= 4 is 33.2 Å². The lowest BCUT2D eigenvalue weighted by molar-refractivity contribution is -0.133. The first-order valence-corrected chi connectivity index (χ1v) is 10.2. The van der Waals surface area contributed by atoms with Crippen molar-refractivity contribution in [2.24, 2.45) is 5.92 Å². The predicted octanol–water partition coefficient (Wildman–Crippen LogP) is 4.52. The van der Waals surface area contributed by atoms with Crippen molar-refractivity contribution in [3.05, 3.63) is 65.2 Å². The standard InChI is InChI=1S/C22H22N2O2S/c1-15(16-7-3-2-4-8-16)22(26)24-13-11-17(12-14-24)20(25)21-23-18-9-5-6-10-19(18)27-21/h2-10,15,17H,11-14H2,1H3/t15-/m1/s1. The highest BCUT2D eigenvalue weighted by atomic mass is 32.1. The van der Waals surface area contributed by atoms with E-state index in [0.717, 1.165) is 15.8 Å². The highest BCUT2D eigenvalue weighted by Gasteiger charge is 2.31. The number of piperidine rings is 1. The molecule has 0 N–H and O–H groups in total. The Bertz CT molecular complexity index is 926. The SMILES string of the molecule is C[C@@H](C(=O)N1CCC(C(=O)c2nc3ccccc3s2)CC1)c1ccccc1. The van der Waals surface area contributed by atoms with Crippen LogP contribution in [0.1, 0.15) is 41.0 Å². The first kappa shape index (κ1) is 17.9. The van der Waals surface area contributed by atoms with Crippen LogP contribution in [-0.2, 0) is 4.79 Å². The summed E-state index contributed by atoms with van der Waals surface area (Å²) in [5.41, 5.74) is 1.92. The number of carbonyl (C=O) groups is 2. The summed E-state index contributed by atoms with van der Waals surface area (Å²) in [6, 6.07) is 17.7. The number of hydrogen-bond acceptors (Lipinski definition) is 4.